The first kappa shape index (κ1) is 18.0. The summed E-state index contributed by atoms with van der Waals surface area (Å²) in [6.45, 7) is 12.1. The van der Waals surface area contributed by atoms with Crippen molar-refractivity contribution < 1.29 is 0 Å². The molecular formula is C16H27BrN2S. The maximum Gasteiger partial charge on any atom is 0.0216 e. The lowest BCUT2D eigenvalue weighted by Gasteiger charge is -2.18. The molecule has 0 saturated carbocycles. The molecule has 0 aliphatic rings. The third-order valence-corrected chi connectivity index (χ3v) is 4.90. The van der Waals surface area contributed by atoms with Crippen LogP contribution in [0.1, 0.15) is 32.8 Å². The minimum atomic E-state index is 0.967. The van der Waals surface area contributed by atoms with Gasteiger partial charge in [-0.1, -0.05) is 42.8 Å². The second-order valence-electron chi connectivity index (χ2n) is 4.80. The number of hydrogen-bond acceptors (Lipinski definition) is 3. The maximum atomic E-state index is 3.58. The van der Waals surface area contributed by atoms with Crippen LogP contribution in [0.5, 0.6) is 0 Å². The number of rotatable bonds is 10. The molecule has 1 aromatic carbocycles. The Kier molecular flexibility index (Phi) is 9.61. The zero-order valence-electron chi connectivity index (χ0n) is 12.9. The van der Waals surface area contributed by atoms with Crippen LogP contribution in [0, 0.1) is 0 Å². The quantitative estimate of drug-likeness (QED) is 0.493. The summed E-state index contributed by atoms with van der Waals surface area (Å²) in [5, 5.41) is 3.49. The highest BCUT2D eigenvalue weighted by Crippen LogP contribution is 2.26. The largest absolute Gasteiger partial charge is 0.313 e. The van der Waals surface area contributed by atoms with E-state index in [-0.39, 0.29) is 0 Å². The summed E-state index contributed by atoms with van der Waals surface area (Å²) < 4.78 is 1.17. The van der Waals surface area contributed by atoms with E-state index in [2.05, 4.69) is 65.1 Å². The average Bonchev–Trinajstić information content (AvgIpc) is 2.46. The molecule has 1 aromatic rings. The van der Waals surface area contributed by atoms with Crippen LogP contribution in [0.4, 0.5) is 0 Å². The van der Waals surface area contributed by atoms with E-state index in [9.17, 15) is 0 Å². The highest BCUT2D eigenvalue weighted by molar-refractivity contribution is 9.10. The summed E-state index contributed by atoms with van der Waals surface area (Å²) in [7, 11) is 0. The number of thioether (sulfide) groups is 1. The van der Waals surface area contributed by atoms with Crippen molar-refractivity contribution in [2.24, 2.45) is 0 Å². The molecule has 0 amide bonds. The van der Waals surface area contributed by atoms with E-state index in [1.54, 1.807) is 0 Å². The zero-order valence-corrected chi connectivity index (χ0v) is 15.3. The van der Waals surface area contributed by atoms with Gasteiger partial charge in [0.2, 0.25) is 0 Å². The van der Waals surface area contributed by atoms with Gasteiger partial charge in [0, 0.05) is 28.2 Å². The van der Waals surface area contributed by atoms with Gasteiger partial charge in [-0.3, -0.25) is 0 Å². The van der Waals surface area contributed by atoms with Gasteiger partial charge in [0.15, 0.2) is 0 Å². The molecule has 1 N–H and O–H groups in total. The smallest absolute Gasteiger partial charge is 0.0216 e. The fourth-order valence-corrected chi connectivity index (χ4v) is 3.65. The molecule has 0 saturated heterocycles. The SMILES string of the molecule is CCCNCc1ccc(Br)cc1SCCN(CC)CC. The second-order valence-corrected chi connectivity index (χ2v) is 6.86. The molecule has 0 unspecified atom stereocenters. The molecule has 4 heteroatoms. The Morgan fingerprint density at radius 3 is 2.60 bits per heavy atom. The number of nitrogens with zero attached hydrogens (tertiary/aromatic N) is 1. The van der Waals surface area contributed by atoms with Crippen LogP contribution in [-0.4, -0.2) is 36.8 Å². The van der Waals surface area contributed by atoms with Crippen molar-refractivity contribution in [3.05, 3.63) is 28.2 Å². The minimum absolute atomic E-state index is 0.967. The first-order chi connectivity index (χ1) is 9.71. The van der Waals surface area contributed by atoms with Gasteiger partial charge in [-0.25, -0.2) is 0 Å². The van der Waals surface area contributed by atoms with Crippen molar-refractivity contribution in [2.45, 2.75) is 38.6 Å². The van der Waals surface area contributed by atoms with Gasteiger partial charge in [0.1, 0.15) is 0 Å². The number of hydrogen-bond donors (Lipinski definition) is 1. The fraction of sp³-hybridized carbons (Fsp3) is 0.625. The molecule has 1 rings (SSSR count). The zero-order chi connectivity index (χ0) is 14.8. The van der Waals surface area contributed by atoms with Crippen LogP contribution in [0.3, 0.4) is 0 Å². The van der Waals surface area contributed by atoms with Gasteiger partial charge in [0.05, 0.1) is 0 Å². The van der Waals surface area contributed by atoms with E-state index in [1.165, 1.54) is 21.4 Å². The molecule has 2 nitrogen and oxygen atoms in total. The second kappa shape index (κ2) is 10.7. The topological polar surface area (TPSA) is 15.3 Å². The van der Waals surface area contributed by atoms with E-state index >= 15 is 0 Å². The van der Waals surface area contributed by atoms with Gasteiger partial charge >= 0.3 is 0 Å². The van der Waals surface area contributed by atoms with Gasteiger partial charge in [-0.15, -0.1) is 11.8 Å². The van der Waals surface area contributed by atoms with Gasteiger partial charge < -0.3 is 10.2 Å². The monoisotopic (exact) mass is 358 g/mol. The van der Waals surface area contributed by atoms with Gasteiger partial charge in [-0.2, -0.15) is 0 Å². The lowest BCUT2D eigenvalue weighted by molar-refractivity contribution is 0.324. The molecule has 0 bridgehead atoms. The van der Waals surface area contributed by atoms with Crippen LogP contribution in [0.2, 0.25) is 0 Å². The summed E-state index contributed by atoms with van der Waals surface area (Å²) >= 11 is 5.55. The van der Waals surface area contributed by atoms with Gasteiger partial charge in [0.25, 0.3) is 0 Å². The van der Waals surface area contributed by atoms with E-state index in [0.717, 1.165) is 38.5 Å². The Bertz CT molecular complexity index is 381. The van der Waals surface area contributed by atoms with Crippen LogP contribution < -0.4 is 5.32 Å². The summed E-state index contributed by atoms with van der Waals surface area (Å²) in [4.78, 5) is 3.87. The third kappa shape index (κ3) is 6.61. The number of benzene rings is 1. The Morgan fingerprint density at radius 2 is 1.95 bits per heavy atom. The molecule has 0 aliphatic carbocycles. The van der Waals surface area contributed by atoms with E-state index in [4.69, 9.17) is 0 Å². The summed E-state index contributed by atoms with van der Waals surface area (Å²) in [5.41, 5.74) is 1.41. The molecule has 0 heterocycles. The molecule has 0 fully saturated rings. The standard InChI is InChI=1S/C16H27BrN2S/c1-4-9-18-13-14-7-8-15(17)12-16(14)20-11-10-19(5-2)6-3/h7-8,12,18H,4-6,9-11,13H2,1-3H3. The molecule has 0 aromatic heterocycles. The van der Waals surface area contributed by atoms with Crippen LogP contribution in [0.15, 0.2) is 27.6 Å². The average molecular weight is 359 g/mol. The van der Waals surface area contributed by atoms with Crippen LogP contribution in [-0.2, 0) is 6.54 Å². The van der Waals surface area contributed by atoms with Crippen LogP contribution >= 0.6 is 27.7 Å². The Balaban J connectivity index is 2.55. The molecule has 0 radical (unpaired) electrons. The van der Waals surface area contributed by atoms with Crippen LogP contribution in [0.25, 0.3) is 0 Å². The molecule has 114 valence electrons. The maximum absolute atomic E-state index is 3.58. The fourth-order valence-electron chi connectivity index (χ4n) is 2.03. The molecule has 0 aliphatic heterocycles. The minimum Gasteiger partial charge on any atom is -0.313 e. The van der Waals surface area contributed by atoms with Crippen molar-refractivity contribution in [1.29, 1.82) is 0 Å². The first-order valence-corrected chi connectivity index (χ1v) is 9.33. The summed E-state index contributed by atoms with van der Waals surface area (Å²) in [6, 6.07) is 6.61. The van der Waals surface area contributed by atoms with Crippen molar-refractivity contribution in [1.82, 2.24) is 10.2 Å². The highest BCUT2D eigenvalue weighted by atomic mass is 79.9. The van der Waals surface area contributed by atoms with E-state index in [1.807, 2.05) is 11.8 Å². The van der Waals surface area contributed by atoms with Crippen molar-refractivity contribution in [3.8, 4) is 0 Å². The Labute approximate surface area is 136 Å². The Hall–Kier alpha value is -0.0300. The lowest BCUT2D eigenvalue weighted by Crippen LogP contribution is -2.25. The van der Waals surface area contributed by atoms with Crippen molar-refractivity contribution in [2.75, 3.05) is 31.9 Å². The number of halogens is 1. The Morgan fingerprint density at radius 1 is 1.20 bits per heavy atom. The van der Waals surface area contributed by atoms with Gasteiger partial charge in [-0.05, 0) is 43.8 Å². The molecule has 0 atom stereocenters. The highest BCUT2D eigenvalue weighted by Gasteiger charge is 2.05. The van der Waals surface area contributed by atoms with E-state index < -0.39 is 0 Å². The van der Waals surface area contributed by atoms with Crippen molar-refractivity contribution >= 4 is 27.7 Å². The van der Waals surface area contributed by atoms with Crippen molar-refractivity contribution in [3.63, 3.8) is 0 Å². The molecule has 20 heavy (non-hydrogen) atoms. The summed E-state index contributed by atoms with van der Waals surface area (Å²) in [6.07, 6.45) is 1.18. The lowest BCUT2D eigenvalue weighted by atomic mass is 10.2. The molecule has 0 spiro atoms. The summed E-state index contributed by atoms with van der Waals surface area (Å²) in [5.74, 6) is 1.15. The predicted molar refractivity (Wildman–Crippen MR) is 94.7 cm³/mol. The number of nitrogens with one attached hydrogen (secondary N) is 1. The normalized spacial score (nSPS) is 11.2. The predicted octanol–water partition coefficient (Wildman–Crippen LogP) is 4.38. The van der Waals surface area contributed by atoms with E-state index in [0.29, 0.717) is 0 Å². The third-order valence-electron chi connectivity index (χ3n) is 3.33. The molecular weight excluding hydrogens is 332 g/mol. The first-order valence-electron chi connectivity index (χ1n) is 7.55.